The summed E-state index contributed by atoms with van der Waals surface area (Å²) in [6, 6.07) is 15.2. The smallest absolute Gasteiger partial charge is 0.254 e. The average molecular weight is 410 g/mol. The fourth-order valence-electron chi connectivity index (χ4n) is 6.38. The van der Waals surface area contributed by atoms with Gasteiger partial charge in [0.15, 0.2) is 0 Å². The molecule has 0 atom stereocenters. The zero-order chi connectivity index (χ0) is 20.0. The molecular weight excluding hydrogens is 382 g/mol. The molecule has 29 heavy (non-hydrogen) atoms. The molecule has 4 saturated carbocycles. The first kappa shape index (κ1) is 19.0. The van der Waals surface area contributed by atoms with E-state index >= 15 is 0 Å². The van der Waals surface area contributed by atoms with Gasteiger partial charge >= 0.3 is 0 Å². The molecule has 4 fully saturated rings. The van der Waals surface area contributed by atoms with Crippen LogP contribution in [0, 0.1) is 17.8 Å². The second-order valence-electron chi connectivity index (χ2n) is 9.45. The highest BCUT2D eigenvalue weighted by molar-refractivity contribution is 6.30. The van der Waals surface area contributed by atoms with Crippen LogP contribution in [0.4, 0.5) is 0 Å². The number of halogens is 1. The van der Waals surface area contributed by atoms with Gasteiger partial charge in [-0.25, -0.2) is 0 Å². The van der Waals surface area contributed by atoms with Gasteiger partial charge in [0, 0.05) is 23.2 Å². The third-order valence-electron chi connectivity index (χ3n) is 7.42. The Hall–Kier alpha value is -2.00. The second kappa shape index (κ2) is 7.36. The number of hydrogen-bond donors (Lipinski definition) is 0. The van der Waals surface area contributed by atoms with Crippen LogP contribution in [0.3, 0.4) is 0 Å². The van der Waals surface area contributed by atoms with Gasteiger partial charge in [-0.15, -0.1) is 0 Å². The maximum absolute atomic E-state index is 13.4. The molecule has 4 bridgehead atoms. The van der Waals surface area contributed by atoms with Gasteiger partial charge in [-0.2, -0.15) is 0 Å². The van der Waals surface area contributed by atoms with Crippen LogP contribution in [0.25, 0.3) is 0 Å². The zero-order valence-electron chi connectivity index (χ0n) is 16.9. The Morgan fingerprint density at radius 1 is 1.03 bits per heavy atom. The molecule has 3 nitrogen and oxygen atoms in total. The minimum absolute atomic E-state index is 0.0850. The molecule has 6 rings (SSSR count). The number of benzene rings is 2. The van der Waals surface area contributed by atoms with E-state index in [1.165, 1.54) is 38.5 Å². The standard InChI is InChI=1S/C25H28ClNO2/c1-27(25-13-18-9-19(14-25)11-20(10-18)15-25)24(28)21-4-2-3-17(12-21)16-29-23-7-5-22(26)6-8-23/h2-8,12,18-20H,9-11,13-16H2,1H3. The topological polar surface area (TPSA) is 29.5 Å². The quantitative estimate of drug-likeness (QED) is 0.609. The summed E-state index contributed by atoms with van der Waals surface area (Å²) in [4.78, 5) is 15.5. The molecule has 2 aromatic rings. The summed E-state index contributed by atoms with van der Waals surface area (Å²) < 4.78 is 5.86. The van der Waals surface area contributed by atoms with Crippen molar-refractivity contribution < 1.29 is 9.53 Å². The first-order chi connectivity index (χ1) is 14.0. The van der Waals surface area contributed by atoms with Crippen LogP contribution < -0.4 is 4.74 Å². The van der Waals surface area contributed by atoms with E-state index < -0.39 is 0 Å². The number of carbonyl (C=O) groups excluding carboxylic acids is 1. The average Bonchev–Trinajstić information content (AvgIpc) is 2.71. The molecule has 4 heteroatoms. The van der Waals surface area contributed by atoms with Crippen LogP contribution >= 0.6 is 11.6 Å². The van der Waals surface area contributed by atoms with Gasteiger partial charge in [0.2, 0.25) is 0 Å². The third-order valence-corrected chi connectivity index (χ3v) is 7.67. The van der Waals surface area contributed by atoms with Crippen LogP contribution in [-0.2, 0) is 6.61 Å². The van der Waals surface area contributed by atoms with E-state index in [1.807, 2.05) is 55.6 Å². The van der Waals surface area contributed by atoms with E-state index in [0.717, 1.165) is 34.6 Å². The van der Waals surface area contributed by atoms with Gasteiger partial charge in [-0.3, -0.25) is 4.79 Å². The summed E-state index contributed by atoms with van der Waals surface area (Å²) in [5.74, 6) is 3.42. The van der Waals surface area contributed by atoms with E-state index in [9.17, 15) is 4.79 Å². The normalized spacial score (nSPS) is 29.7. The lowest BCUT2D eigenvalue weighted by atomic mass is 9.52. The van der Waals surface area contributed by atoms with E-state index in [2.05, 4.69) is 4.90 Å². The first-order valence-corrected chi connectivity index (χ1v) is 11.1. The summed E-state index contributed by atoms with van der Waals surface area (Å²) in [7, 11) is 2.03. The lowest BCUT2D eigenvalue weighted by Crippen LogP contribution is -2.60. The Morgan fingerprint density at radius 3 is 2.28 bits per heavy atom. The van der Waals surface area contributed by atoms with Crippen molar-refractivity contribution in [1.82, 2.24) is 4.90 Å². The van der Waals surface area contributed by atoms with Gasteiger partial charge < -0.3 is 9.64 Å². The Balaban J connectivity index is 1.30. The highest BCUT2D eigenvalue weighted by Crippen LogP contribution is 2.57. The van der Waals surface area contributed by atoms with Crippen LogP contribution in [0.5, 0.6) is 5.75 Å². The summed E-state index contributed by atoms with van der Waals surface area (Å²) >= 11 is 5.93. The van der Waals surface area contributed by atoms with Crippen molar-refractivity contribution in [3.63, 3.8) is 0 Å². The molecular formula is C25H28ClNO2. The third kappa shape index (κ3) is 3.66. The van der Waals surface area contributed by atoms with E-state index in [-0.39, 0.29) is 11.4 Å². The molecule has 0 saturated heterocycles. The second-order valence-corrected chi connectivity index (χ2v) is 9.89. The molecule has 0 spiro atoms. The van der Waals surface area contributed by atoms with Crippen molar-refractivity contribution in [1.29, 1.82) is 0 Å². The number of hydrogen-bond acceptors (Lipinski definition) is 2. The predicted octanol–water partition coefficient (Wildman–Crippen LogP) is 5.96. The fraction of sp³-hybridized carbons (Fsp3) is 0.480. The molecule has 2 aromatic carbocycles. The fourth-order valence-corrected chi connectivity index (χ4v) is 6.50. The summed E-state index contributed by atoms with van der Waals surface area (Å²) in [5, 5.41) is 0.692. The SMILES string of the molecule is CN(C(=O)c1cccc(COc2ccc(Cl)cc2)c1)C12CC3CC(CC(C3)C1)C2. The number of ether oxygens (including phenoxy) is 1. The zero-order valence-corrected chi connectivity index (χ0v) is 17.7. The molecule has 4 aliphatic rings. The van der Waals surface area contributed by atoms with Gasteiger partial charge in [-0.1, -0.05) is 23.7 Å². The van der Waals surface area contributed by atoms with Crippen molar-refractivity contribution >= 4 is 17.5 Å². The lowest BCUT2D eigenvalue weighted by molar-refractivity contribution is -0.0665. The predicted molar refractivity (Wildman–Crippen MR) is 115 cm³/mol. The summed E-state index contributed by atoms with van der Waals surface area (Å²) in [6.45, 7) is 0.434. The number of carbonyl (C=O) groups is 1. The van der Waals surface area contributed by atoms with Gasteiger partial charge in [0.05, 0.1) is 0 Å². The molecule has 0 heterocycles. The molecule has 0 radical (unpaired) electrons. The van der Waals surface area contributed by atoms with Crippen LogP contribution in [0.15, 0.2) is 48.5 Å². The van der Waals surface area contributed by atoms with Crippen molar-refractivity contribution in [3.8, 4) is 5.75 Å². The van der Waals surface area contributed by atoms with Crippen molar-refractivity contribution in [3.05, 3.63) is 64.7 Å². The number of amides is 1. The first-order valence-electron chi connectivity index (χ1n) is 10.8. The highest BCUT2D eigenvalue weighted by atomic mass is 35.5. The van der Waals surface area contributed by atoms with Gasteiger partial charge in [-0.05, 0) is 98.2 Å². The molecule has 0 aliphatic heterocycles. The minimum Gasteiger partial charge on any atom is -0.489 e. The van der Waals surface area contributed by atoms with Crippen LogP contribution in [-0.4, -0.2) is 23.4 Å². The number of nitrogens with zero attached hydrogens (tertiary/aromatic N) is 1. The van der Waals surface area contributed by atoms with Crippen molar-refractivity contribution in [2.75, 3.05) is 7.05 Å². The van der Waals surface area contributed by atoms with E-state index in [4.69, 9.17) is 16.3 Å². The maximum atomic E-state index is 13.4. The number of rotatable bonds is 5. The Kier molecular flexibility index (Phi) is 4.82. The van der Waals surface area contributed by atoms with Crippen LogP contribution in [0.2, 0.25) is 5.02 Å². The van der Waals surface area contributed by atoms with Gasteiger partial charge in [0.1, 0.15) is 12.4 Å². The molecule has 0 unspecified atom stereocenters. The van der Waals surface area contributed by atoms with Crippen LogP contribution in [0.1, 0.15) is 54.4 Å². The minimum atomic E-state index is 0.0850. The molecule has 0 aromatic heterocycles. The van der Waals surface area contributed by atoms with E-state index in [0.29, 0.717) is 11.6 Å². The molecule has 152 valence electrons. The molecule has 0 N–H and O–H groups in total. The molecule has 4 aliphatic carbocycles. The lowest BCUT2D eigenvalue weighted by Gasteiger charge is -2.59. The Bertz CT molecular complexity index is 872. The Morgan fingerprint density at radius 2 is 1.66 bits per heavy atom. The Labute approximate surface area is 178 Å². The molecule has 1 amide bonds. The highest BCUT2D eigenvalue weighted by Gasteiger charge is 2.53. The van der Waals surface area contributed by atoms with Crippen molar-refractivity contribution in [2.45, 2.75) is 50.7 Å². The van der Waals surface area contributed by atoms with E-state index in [1.54, 1.807) is 0 Å². The monoisotopic (exact) mass is 409 g/mol. The maximum Gasteiger partial charge on any atom is 0.254 e. The summed E-state index contributed by atoms with van der Waals surface area (Å²) in [6.07, 6.45) is 7.75. The van der Waals surface area contributed by atoms with Crippen molar-refractivity contribution in [2.24, 2.45) is 17.8 Å². The van der Waals surface area contributed by atoms with Gasteiger partial charge in [0.25, 0.3) is 5.91 Å². The largest absolute Gasteiger partial charge is 0.489 e. The summed E-state index contributed by atoms with van der Waals surface area (Å²) in [5.41, 5.74) is 1.85.